The minimum Gasteiger partial charge on any atom is -0.382 e. The summed E-state index contributed by atoms with van der Waals surface area (Å²) in [4.78, 5) is 12.0. The van der Waals surface area contributed by atoms with E-state index in [1.807, 2.05) is 6.92 Å². The Bertz CT molecular complexity index is 431. The number of anilines is 2. The number of rotatable bonds is 6. The number of carbonyl (C=O) groups is 1. The van der Waals surface area contributed by atoms with Crippen LogP contribution in [0.3, 0.4) is 0 Å². The Hall–Kier alpha value is -1.34. The Morgan fingerprint density at radius 1 is 1.67 bits per heavy atom. The van der Waals surface area contributed by atoms with Gasteiger partial charge in [-0.3, -0.25) is 4.79 Å². The predicted octanol–water partition coefficient (Wildman–Crippen LogP) is 1.06. The van der Waals surface area contributed by atoms with Crippen molar-refractivity contribution in [3.8, 4) is 0 Å². The van der Waals surface area contributed by atoms with Gasteiger partial charge in [-0.15, -0.1) is 0 Å². The van der Waals surface area contributed by atoms with Crippen LogP contribution < -0.4 is 16.4 Å². The van der Waals surface area contributed by atoms with Crippen molar-refractivity contribution in [3.05, 3.63) is 5.56 Å². The second-order valence-corrected chi connectivity index (χ2v) is 5.22. The van der Waals surface area contributed by atoms with Crippen LogP contribution >= 0.6 is 11.5 Å². The molecule has 18 heavy (non-hydrogen) atoms. The summed E-state index contributed by atoms with van der Waals surface area (Å²) in [6, 6.07) is 0.308. The number of hydrogen-bond acceptors (Lipinski definition) is 6. The Labute approximate surface area is 110 Å². The van der Waals surface area contributed by atoms with Crippen LogP contribution in [0.15, 0.2) is 0 Å². The number of carbonyl (C=O) groups excluding carboxylic acids is 1. The number of amides is 1. The molecule has 1 unspecified atom stereocenters. The molecule has 2 rings (SSSR count). The lowest BCUT2D eigenvalue weighted by Gasteiger charge is -2.11. The van der Waals surface area contributed by atoms with Crippen LogP contribution in [0.4, 0.5) is 10.8 Å². The molecule has 100 valence electrons. The van der Waals surface area contributed by atoms with Crippen LogP contribution in [0.1, 0.15) is 30.1 Å². The monoisotopic (exact) mass is 270 g/mol. The zero-order valence-corrected chi connectivity index (χ0v) is 11.3. The molecule has 0 radical (unpaired) electrons. The minimum absolute atomic E-state index is 0.0627. The molecule has 0 bridgehead atoms. The average molecular weight is 270 g/mol. The van der Waals surface area contributed by atoms with E-state index in [4.69, 9.17) is 10.5 Å². The molecule has 1 aliphatic rings. The second kappa shape index (κ2) is 5.53. The van der Waals surface area contributed by atoms with E-state index in [-0.39, 0.29) is 17.8 Å². The van der Waals surface area contributed by atoms with Gasteiger partial charge in [-0.2, -0.15) is 4.37 Å². The van der Waals surface area contributed by atoms with Gasteiger partial charge in [0.25, 0.3) is 5.91 Å². The van der Waals surface area contributed by atoms with Gasteiger partial charge in [0.05, 0.1) is 6.10 Å². The third-order valence-corrected chi connectivity index (χ3v) is 3.63. The fraction of sp³-hybridized carbons (Fsp3) is 0.636. The Balaban J connectivity index is 2.03. The van der Waals surface area contributed by atoms with Gasteiger partial charge in [-0.05, 0) is 31.3 Å². The van der Waals surface area contributed by atoms with Gasteiger partial charge in [-0.25, -0.2) is 0 Å². The molecule has 0 saturated heterocycles. The first-order chi connectivity index (χ1) is 8.61. The third-order valence-electron chi connectivity index (χ3n) is 2.81. The second-order valence-electron chi connectivity index (χ2n) is 4.45. The molecule has 0 aromatic carbocycles. The van der Waals surface area contributed by atoms with E-state index < -0.39 is 0 Å². The normalized spacial score (nSPS) is 16.3. The lowest BCUT2D eigenvalue weighted by molar-refractivity contribution is 0.0952. The first kappa shape index (κ1) is 13.1. The summed E-state index contributed by atoms with van der Waals surface area (Å²) in [6.45, 7) is 2.56. The first-order valence-electron chi connectivity index (χ1n) is 5.94. The van der Waals surface area contributed by atoms with Crippen molar-refractivity contribution in [1.29, 1.82) is 0 Å². The zero-order valence-electron chi connectivity index (χ0n) is 10.5. The van der Waals surface area contributed by atoms with Crippen molar-refractivity contribution in [2.24, 2.45) is 0 Å². The van der Waals surface area contributed by atoms with Crippen molar-refractivity contribution < 1.29 is 9.53 Å². The van der Waals surface area contributed by atoms with E-state index in [9.17, 15) is 4.79 Å². The van der Waals surface area contributed by atoms with Crippen molar-refractivity contribution in [3.63, 3.8) is 0 Å². The minimum atomic E-state index is -0.142. The van der Waals surface area contributed by atoms with Gasteiger partial charge < -0.3 is 21.1 Å². The Kier molecular flexibility index (Phi) is 4.03. The van der Waals surface area contributed by atoms with Gasteiger partial charge >= 0.3 is 0 Å². The molecule has 6 nitrogen and oxygen atoms in total. The largest absolute Gasteiger partial charge is 0.382 e. The smallest absolute Gasteiger partial charge is 0.258 e. The quantitative estimate of drug-likeness (QED) is 0.719. The number of nitrogen functional groups attached to an aromatic ring is 1. The zero-order chi connectivity index (χ0) is 13.1. The van der Waals surface area contributed by atoms with E-state index in [1.165, 1.54) is 11.5 Å². The number of hydrogen-bond donors (Lipinski definition) is 3. The van der Waals surface area contributed by atoms with E-state index in [1.54, 1.807) is 7.11 Å². The van der Waals surface area contributed by atoms with Crippen LogP contribution in [-0.2, 0) is 4.74 Å². The SMILES string of the molecule is COC(C)CNc1snc(N)c1C(=O)NC1CC1. The van der Waals surface area contributed by atoms with E-state index in [0.29, 0.717) is 23.2 Å². The number of nitrogens with two attached hydrogens (primary N) is 1. The van der Waals surface area contributed by atoms with Crippen LogP contribution in [0.5, 0.6) is 0 Å². The van der Waals surface area contributed by atoms with Crippen molar-refractivity contribution in [1.82, 2.24) is 9.69 Å². The fourth-order valence-electron chi connectivity index (χ4n) is 1.45. The molecule has 4 N–H and O–H groups in total. The third kappa shape index (κ3) is 3.11. The van der Waals surface area contributed by atoms with Gasteiger partial charge in [-0.1, -0.05) is 0 Å². The van der Waals surface area contributed by atoms with Crippen LogP contribution in [0.2, 0.25) is 0 Å². The standard InChI is InChI=1S/C11H18N4O2S/c1-6(17-2)5-13-11-8(9(12)15-18-11)10(16)14-7-3-4-7/h6-7,13H,3-5H2,1-2H3,(H2,12,15)(H,14,16). The fourth-order valence-corrected chi connectivity index (χ4v) is 2.16. The number of aromatic nitrogens is 1. The number of methoxy groups -OCH3 is 1. The lowest BCUT2D eigenvalue weighted by Crippen LogP contribution is -2.27. The van der Waals surface area contributed by atoms with Gasteiger partial charge in [0.15, 0.2) is 5.82 Å². The summed E-state index contributed by atoms with van der Waals surface area (Å²) in [5.41, 5.74) is 6.20. The van der Waals surface area contributed by atoms with Crippen LogP contribution in [-0.4, -0.2) is 36.1 Å². The summed E-state index contributed by atoms with van der Waals surface area (Å²) in [5.74, 6) is 0.141. The van der Waals surface area contributed by atoms with E-state index in [2.05, 4.69) is 15.0 Å². The molecule has 1 fully saturated rings. The van der Waals surface area contributed by atoms with Crippen molar-refractivity contribution >= 4 is 28.3 Å². The van der Waals surface area contributed by atoms with Gasteiger partial charge in [0.1, 0.15) is 10.6 Å². The molecular weight excluding hydrogens is 252 g/mol. The molecule has 7 heteroatoms. The molecular formula is C11H18N4O2S. The highest BCUT2D eigenvalue weighted by Crippen LogP contribution is 2.28. The molecule has 1 atom stereocenters. The topological polar surface area (TPSA) is 89.3 Å². The highest BCUT2D eigenvalue weighted by molar-refractivity contribution is 7.11. The predicted molar refractivity (Wildman–Crippen MR) is 72.0 cm³/mol. The van der Waals surface area contributed by atoms with E-state index >= 15 is 0 Å². The van der Waals surface area contributed by atoms with Crippen LogP contribution in [0, 0.1) is 0 Å². The molecule has 0 spiro atoms. The first-order valence-corrected chi connectivity index (χ1v) is 6.71. The maximum Gasteiger partial charge on any atom is 0.258 e. The van der Waals surface area contributed by atoms with Crippen molar-refractivity contribution in [2.45, 2.75) is 31.9 Å². The average Bonchev–Trinajstić information content (AvgIpc) is 3.08. The number of nitrogens with one attached hydrogen (secondary N) is 2. The maximum absolute atomic E-state index is 12.0. The molecule has 1 aromatic heterocycles. The van der Waals surface area contributed by atoms with E-state index in [0.717, 1.165) is 12.8 Å². The Morgan fingerprint density at radius 3 is 3.00 bits per heavy atom. The molecule has 1 aliphatic carbocycles. The summed E-state index contributed by atoms with van der Waals surface area (Å²) < 4.78 is 9.17. The summed E-state index contributed by atoms with van der Waals surface area (Å²) in [5, 5.41) is 6.77. The number of nitrogens with zero attached hydrogens (tertiary/aromatic N) is 1. The molecule has 1 saturated carbocycles. The highest BCUT2D eigenvalue weighted by Gasteiger charge is 2.27. The number of ether oxygens (including phenoxy) is 1. The maximum atomic E-state index is 12.0. The Morgan fingerprint density at radius 2 is 2.39 bits per heavy atom. The van der Waals surface area contributed by atoms with Gasteiger partial charge in [0, 0.05) is 19.7 Å². The van der Waals surface area contributed by atoms with Crippen LogP contribution in [0.25, 0.3) is 0 Å². The highest BCUT2D eigenvalue weighted by atomic mass is 32.1. The van der Waals surface area contributed by atoms with Crippen molar-refractivity contribution in [2.75, 3.05) is 24.7 Å². The lowest BCUT2D eigenvalue weighted by atomic mass is 10.2. The molecule has 1 heterocycles. The molecule has 0 aliphatic heterocycles. The molecule has 1 aromatic rings. The summed E-state index contributed by atoms with van der Waals surface area (Å²) >= 11 is 1.20. The summed E-state index contributed by atoms with van der Waals surface area (Å²) in [7, 11) is 1.65. The summed E-state index contributed by atoms with van der Waals surface area (Å²) in [6.07, 6.45) is 2.16. The van der Waals surface area contributed by atoms with Gasteiger partial charge in [0.2, 0.25) is 0 Å². The molecule has 1 amide bonds.